The van der Waals surface area contributed by atoms with Gasteiger partial charge in [-0.3, -0.25) is 4.79 Å². The minimum atomic E-state index is -0.597. The predicted molar refractivity (Wildman–Crippen MR) is 77.7 cm³/mol. The summed E-state index contributed by atoms with van der Waals surface area (Å²) in [6, 6.07) is 0. The second-order valence-electron chi connectivity index (χ2n) is 6.12. The van der Waals surface area contributed by atoms with Gasteiger partial charge in [0.2, 0.25) is 5.91 Å². The van der Waals surface area contributed by atoms with Gasteiger partial charge in [0.1, 0.15) is 0 Å². The highest BCUT2D eigenvalue weighted by atomic mass is 16.3. The minimum absolute atomic E-state index is 0.244. The van der Waals surface area contributed by atoms with Crippen molar-refractivity contribution in [3.63, 3.8) is 0 Å². The molecule has 1 rings (SSSR count). The highest BCUT2D eigenvalue weighted by Gasteiger charge is 2.26. The average molecular weight is 270 g/mol. The normalized spacial score (nSPS) is 26.0. The van der Waals surface area contributed by atoms with Crippen LogP contribution < -0.4 is 5.73 Å². The Labute approximate surface area is 117 Å². The van der Waals surface area contributed by atoms with Crippen LogP contribution in [0.15, 0.2) is 0 Å². The van der Waals surface area contributed by atoms with Gasteiger partial charge in [0.05, 0.1) is 5.60 Å². The van der Waals surface area contributed by atoms with E-state index in [1.165, 1.54) is 0 Å². The molecule has 0 aliphatic carbocycles. The number of hydrogen-bond donors (Lipinski definition) is 2. The largest absolute Gasteiger partial charge is 0.390 e. The fraction of sp³-hybridized carbons (Fsp3) is 0.933. The van der Waals surface area contributed by atoms with Crippen molar-refractivity contribution in [1.29, 1.82) is 0 Å². The van der Waals surface area contributed by atoms with E-state index < -0.39 is 5.60 Å². The van der Waals surface area contributed by atoms with Crippen molar-refractivity contribution in [2.24, 2.45) is 11.7 Å². The van der Waals surface area contributed by atoms with E-state index in [2.05, 4.69) is 6.92 Å². The molecule has 0 aromatic rings. The Bertz CT molecular complexity index is 279. The van der Waals surface area contributed by atoms with E-state index in [4.69, 9.17) is 5.73 Å². The number of likely N-dealkylation sites (tertiary alicyclic amines) is 1. The molecule has 1 aliphatic rings. The van der Waals surface area contributed by atoms with E-state index in [1.54, 1.807) is 0 Å². The maximum atomic E-state index is 12.2. The molecule has 0 aromatic carbocycles. The molecule has 1 amide bonds. The Morgan fingerprint density at radius 2 is 2.11 bits per heavy atom. The number of aliphatic hydroxyl groups is 1. The standard InChI is InChI=1S/C15H30N2O2/c1-3-13(7-10-16)5-6-14(18)17-11-4-8-15(2,19)9-12-17/h13,19H,3-12,16H2,1-2H3. The van der Waals surface area contributed by atoms with Gasteiger partial charge in [-0.05, 0) is 51.5 Å². The molecule has 1 saturated heterocycles. The summed E-state index contributed by atoms with van der Waals surface area (Å²) in [5.74, 6) is 0.817. The summed E-state index contributed by atoms with van der Waals surface area (Å²) < 4.78 is 0. The molecule has 19 heavy (non-hydrogen) atoms. The number of rotatable bonds is 6. The van der Waals surface area contributed by atoms with E-state index in [1.807, 2.05) is 11.8 Å². The summed E-state index contributed by atoms with van der Waals surface area (Å²) in [4.78, 5) is 14.1. The Hall–Kier alpha value is -0.610. The highest BCUT2D eigenvalue weighted by Crippen LogP contribution is 2.22. The molecule has 2 atom stereocenters. The van der Waals surface area contributed by atoms with Crippen molar-refractivity contribution in [3.05, 3.63) is 0 Å². The van der Waals surface area contributed by atoms with Gasteiger partial charge in [0.15, 0.2) is 0 Å². The first-order valence-corrected chi connectivity index (χ1v) is 7.68. The fourth-order valence-corrected chi connectivity index (χ4v) is 2.79. The van der Waals surface area contributed by atoms with Crippen molar-refractivity contribution < 1.29 is 9.90 Å². The van der Waals surface area contributed by atoms with Crippen LogP contribution in [0, 0.1) is 5.92 Å². The Morgan fingerprint density at radius 1 is 1.37 bits per heavy atom. The second kappa shape index (κ2) is 7.85. The molecule has 0 spiro atoms. The first-order valence-electron chi connectivity index (χ1n) is 7.68. The maximum absolute atomic E-state index is 12.2. The summed E-state index contributed by atoms with van der Waals surface area (Å²) in [6.07, 6.45) is 6.07. The SMILES string of the molecule is CCC(CCN)CCC(=O)N1CCCC(C)(O)CC1. The predicted octanol–water partition coefficient (Wildman–Crippen LogP) is 1.91. The van der Waals surface area contributed by atoms with Crippen LogP contribution in [0.4, 0.5) is 0 Å². The quantitative estimate of drug-likeness (QED) is 0.774. The number of carbonyl (C=O) groups excluding carboxylic acids is 1. The van der Waals surface area contributed by atoms with Crippen molar-refractivity contribution >= 4 is 5.91 Å². The smallest absolute Gasteiger partial charge is 0.222 e. The molecule has 0 bridgehead atoms. The van der Waals surface area contributed by atoms with E-state index in [0.29, 0.717) is 31.8 Å². The van der Waals surface area contributed by atoms with E-state index in [-0.39, 0.29) is 5.91 Å². The Kier molecular flexibility index (Phi) is 6.80. The van der Waals surface area contributed by atoms with Crippen LogP contribution >= 0.6 is 0 Å². The molecule has 1 fully saturated rings. The first kappa shape index (κ1) is 16.4. The summed E-state index contributed by atoms with van der Waals surface area (Å²) in [5, 5.41) is 10.0. The molecule has 0 aromatic heterocycles. The third kappa shape index (κ3) is 5.91. The summed E-state index contributed by atoms with van der Waals surface area (Å²) >= 11 is 0. The van der Waals surface area contributed by atoms with Gasteiger partial charge in [0, 0.05) is 19.5 Å². The zero-order valence-electron chi connectivity index (χ0n) is 12.5. The summed E-state index contributed by atoms with van der Waals surface area (Å²) in [6.45, 7) is 6.23. The lowest BCUT2D eigenvalue weighted by atomic mass is 9.96. The van der Waals surface area contributed by atoms with Gasteiger partial charge in [-0.25, -0.2) is 0 Å². The zero-order chi connectivity index (χ0) is 14.3. The lowest BCUT2D eigenvalue weighted by Crippen LogP contribution is -2.33. The molecule has 4 heteroatoms. The van der Waals surface area contributed by atoms with Crippen molar-refractivity contribution in [3.8, 4) is 0 Å². The van der Waals surface area contributed by atoms with Gasteiger partial charge in [0.25, 0.3) is 0 Å². The van der Waals surface area contributed by atoms with Gasteiger partial charge in [-0.15, -0.1) is 0 Å². The maximum Gasteiger partial charge on any atom is 0.222 e. The van der Waals surface area contributed by atoms with Crippen molar-refractivity contribution in [2.45, 2.75) is 64.4 Å². The van der Waals surface area contributed by atoms with Crippen molar-refractivity contribution in [2.75, 3.05) is 19.6 Å². The van der Waals surface area contributed by atoms with E-state index in [0.717, 1.165) is 38.6 Å². The first-order chi connectivity index (χ1) is 8.98. The molecule has 3 N–H and O–H groups in total. The van der Waals surface area contributed by atoms with Crippen LogP contribution in [0.2, 0.25) is 0 Å². The molecule has 112 valence electrons. The molecule has 0 radical (unpaired) electrons. The highest BCUT2D eigenvalue weighted by molar-refractivity contribution is 5.76. The topological polar surface area (TPSA) is 66.6 Å². The average Bonchev–Trinajstić information content (AvgIpc) is 2.55. The number of hydrogen-bond acceptors (Lipinski definition) is 3. The third-order valence-electron chi connectivity index (χ3n) is 4.34. The molecule has 4 nitrogen and oxygen atoms in total. The summed E-state index contributed by atoms with van der Waals surface area (Å²) in [7, 11) is 0. The molecular weight excluding hydrogens is 240 g/mol. The fourth-order valence-electron chi connectivity index (χ4n) is 2.79. The Balaban J connectivity index is 2.36. The van der Waals surface area contributed by atoms with E-state index in [9.17, 15) is 9.90 Å². The van der Waals surface area contributed by atoms with Gasteiger partial charge < -0.3 is 15.7 Å². The lowest BCUT2D eigenvalue weighted by molar-refractivity contribution is -0.131. The van der Waals surface area contributed by atoms with Crippen LogP contribution in [0.25, 0.3) is 0 Å². The number of amides is 1. The summed E-state index contributed by atoms with van der Waals surface area (Å²) in [5.41, 5.74) is 4.98. The van der Waals surface area contributed by atoms with Crippen molar-refractivity contribution in [1.82, 2.24) is 4.90 Å². The van der Waals surface area contributed by atoms with Crippen LogP contribution in [0.5, 0.6) is 0 Å². The van der Waals surface area contributed by atoms with Crippen LogP contribution in [-0.4, -0.2) is 41.1 Å². The molecule has 1 aliphatic heterocycles. The minimum Gasteiger partial charge on any atom is -0.390 e. The number of nitrogens with two attached hydrogens (primary N) is 1. The van der Waals surface area contributed by atoms with Crippen LogP contribution in [0.1, 0.15) is 58.8 Å². The number of carbonyl (C=O) groups is 1. The van der Waals surface area contributed by atoms with Crippen LogP contribution in [0.3, 0.4) is 0 Å². The monoisotopic (exact) mass is 270 g/mol. The lowest BCUT2D eigenvalue weighted by Gasteiger charge is -2.23. The second-order valence-corrected chi connectivity index (χ2v) is 6.12. The Morgan fingerprint density at radius 3 is 2.74 bits per heavy atom. The van der Waals surface area contributed by atoms with Crippen LogP contribution in [-0.2, 0) is 4.79 Å². The molecule has 0 saturated carbocycles. The zero-order valence-corrected chi connectivity index (χ0v) is 12.5. The van der Waals surface area contributed by atoms with Gasteiger partial charge >= 0.3 is 0 Å². The molecule has 2 unspecified atom stereocenters. The van der Waals surface area contributed by atoms with Gasteiger partial charge in [-0.2, -0.15) is 0 Å². The van der Waals surface area contributed by atoms with E-state index >= 15 is 0 Å². The molecular formula is C15H30N2O2. The molecule has 1 heterocycles. The number of nitrogens with zero attached hydrogens (tertiary/aromatic N) is 1. The third-order valence-corrected chi connectivity index (χ3v) is 4.34. The van der Waals surface area contributed by atoms with Gasteiger partial charge in [-0.1, -0.05) is 13.3 Å².